The van der Waals surface area contributed by atoms with Crippen LogP contribution in [0.2, 0.25) is 0 Å². The van der Waals surface area contributed by atoms with Gasteiger partial charge in [0.2, 0.25) is 0 Å². The zero-order valence-corrected chi connectivity index (χ0v) is 12.0. The molecule has 0 fully saturated rings. The summed E-state index contributed by atoms with van der Waals surface area (Å²) < 4.78 is 1.01. The van der Waals surface area contributed by atoms with E-state index in [1.165, 1.54) is 0 Å². The minimum absolute atomic E-state index is 0.0970. The summed E-state index contributed by atoms with van der Waals surface area (Å²) in [5, 5.41) is 2.90. The molecule has 0 aliphatic rings. The highest BCUT2D eigenvalue weighted by Gasteiger charge is 2.13. The fraction of sp³-hybridized carbons (Fsp3) is 0.143. The summed E-state index contributed by atoms with van der Waals surface area (Å²) >= 11 is 3.38. The molecule has 5 heteroatoms. The van der Waals surface area contributed by atoms with Gasteiger partial charge in [0, 0.05) is 10.7 Å². The Kier molecular flexibility index (Phi) is 4.16. The third-order valence-electron chi connectivity index (χ3n) is 2.80. The van der Waals surface area contributed by atoms with Gasteiger partial charge in [0.25, 0.3) is 5.91 Å². The Bertz CT molecular complexity index is 583. The van der Waals surface area contributed by atoms with Gasteiger partial charge in [0.1, 0.15) is 5.82 Å². The second-order valence-electron chi connectivity index (χ2n) is 4.18. The first-order valence-corrected chi connectivity index (χ1v) is 6.64. The molecule has 0 aliphatic carbocycles. The number of nitrogen functional groups attached to an aromatic ring is 1. The molecule has 0 spiro atoms. The predicted octanol–water partition coefficient (Wildman–Crippen LogP) is 2.92. The molecule has 2 aromatic rings. The SMILES string of the molecule is CC(NC(=O)c1cccnc1N)c1ccc(Br)cc1. The van der Waals surface area contributed by atoms with Gasteiger partial charge in [-0.15, -0.1) is 0 Å². The molecular weight excluding hydrogens is 306 g/mol. The molecule has 1 aromatic carbocycles. The van der Waals surface area contributed by atoms with Crippen molar-refractivity contribution in [2.75, 3.05) is 5.73 Å². The maximum Gasteiger partial charge on any atom is 0.255 e. The van der Waals surface area contributed by atoms with Crippen LogP contribution in [0.1, 0.15) is 28.9 Å². The Morgan fingerprint density at radius 1 is 1.32 bits per heavy atom. The Morgan fingerprint density at radius 2 is 2.00 bits per heavy atom. The molecule has 0 aliphatic heterocycles. The van der Waals surface area contributed by atoms with E-state index >= 15 is 0 Å². The van der Waals surface area contributed by atoms with Gasteiger partial charge in [0.05, 0.1) is 11.6 Å². The van der Waals surface area contributed by atoms with Crippen LogP contribution in [0.3, 0.4) is 0 Å². The lowest BCUT2D eigenvalue weighted by atomic mass is 10.1. The molecule has 1 amide bonds. The number of aromatic nitrogens is 1. The quantitative estimate of drug-likeness (QED) is 0.914. The van der Waals surface area contributed by atoms with Crippen LogP contribution in [0.15, 0.2) is 47.1 Å². The number of hydrogen-bond acceptors (Lipinski definition) is 3. The van der Waals surface area contributed by atoms with Crippen molar-refractivity contribution in [3.05, 3.63) is 58.2 Å². The van der Waals surface area contributed by atoms with Crippen LogP contribution in [0.4, 0.5) is 5.82 Å². The number of hydrogen-bond donors (Lipinski definition) is 2. The molecular formula is C14H14BrN3O. The second-order valence-corrected chi connectivity index (χ2v) is 5.10. The molecule has 4 nitrogen and oxygen atoms in total. The summed E-state index contributed by atoms with van der Waals surface area (Å²) in [6, 6.07) is 11.1. The third-order valence-corrected chi connectivity index (χ3v) is 3.33. The van der Waals surface area contributed by atoms with E-state index in [-0.39, 0.29) is 17.8 Å². The summed E-state index contributed by atoms with van der Waals surface area (Å²) in [5.74, 6) is 0.0176. The van der Waals surface area contributed by atoms with Crippen molar-refractivity contribution in [1.29, 1.82) is 0 Å². The van der Waals surface area contributed by atoms with Crippen LogP contribution in [0.5, 0.6) is 0 Å². The highest BCUT2D eigenvalue weighted by molar-refractivity contribution is 9.10. The maximum atomic E-state index is 12.1. The molecule has 1 heterocycles. The van der Waals surface area contributed by atoms with Gasteiger partial charge in [-0.2, -0.15) is 0 Å². The molecule has 2 rings (SSSR count). The number of anilines is 1. The van der Waals surface area contributed by atoms with Crippen molar-refractivity contribution >= 4 is 27.7 Å². The lowest BCUT2D eigenvalue weighted by molar-refractivity contribution is 0.0940. The van der Waals surface area contributed by atoms with E-state index in [9.17, 15) is 4.79 Å². The van der Waals surface area contributed by atoms with Crippen molar-refractivity contribution in [3.8, 4) is 0 Å². The molecule has 19 heavy (non-hydrogen) atoms. The molecule has 1 atom stereocenters. The first-order valence-electron chi connectivity index (χ1n) is 5.84. The summed E-state index contributed by atoms with van der Waals surface area (Å²) in [4.78, 5) is 16.0. The zero-order chi connectivity index (χ0) is 13.8. The van der Waals surface area contributed by atoms with E-state index in [0.29, 0.717) is 5.56 Å². The van der Waals surface area contributed by atoms with Crippen molar-refractivity contribution in [2.45, 2.75) is 13.0 Å². The average Bonchev–Trinajstić information content (AvgIpc) is 2.39. The molecule has 1 aromatic heterocycles. The van der Waals surface area contributed by atoms with Crippen molar-refractivity contribution in [1.82, 2.24) is 10.3 Å². The summed E-state index contributed by atoms with van der Waals surface area (Å²) in [6.45, 7) is 1.92. The van der Waals surface area contributed by atoms with Gasteiger partial charge >= 0.3 is 0 Å². The lowest BCUT2D eigenvalue weighted by Gasteiger charge is -2.15. The van der Waals surface area contributed by atoms with Gasteiger partial charge < -0.3 is 11.1 Å². The number of amides is 1. The largest absolute Gasteiger partial charge is 0.383 e. The van der Waals surface area contributed by atoms with E-state index in [1.54, 1.807) is 18.3 Å². The molecule has 1 unspecified atom stereocenters. The maximum absolute atomic E-state index is 12.1. The van der Waals surface area contributed by atoms with E-state index in [2.05, 4.69) is 26.2 Å². The van der Waals surface area contributed by atoms with Gasteiger partial charge in [-0.1, -0.05) is 28.1 Å². The minimum Gasteiger partial charge on any atom is -0.383 e. The summed E-state index contributed by atoms with van der Waals surface area (Å²) in [7, 11) is 0. The van der Waals surface area contributed by atoms with E-state index in [0.717, 1.165) is 10.0 Å². The molecule has 3 N–H and O–H groups in total. The zero-order valence-electron chi connectivity index (χ0n) is 10.4. The van der Waals surface area contributed by atoms with Gasteiger partial charge in [0.15, 0.2) is 0 Å². The number of carbonyl (C=O) groups is 1. The van der Waals surface area contributed by atoms with Crippen molar-refractivity contribution in [3.63, 3.8) is 0 Å². The number of nitrogens with two attached hydrogens (primary N) is 1. The molecule has 0 bridgehead atoms. The van der Waals surface area contributed by atoms with Gasteiger partial charge in [-0.3, -0.25) is 4.79 Å². The third kappa shape index (κ3) is 3.32. The predicted molar refractivity (Wildman–Crippen MR) is 78.7 cm³/mol. The van der Waals surface area contributed by atoms with Crippen LogP contribution < -0.4 is 11.1 Å². The standard InChI is InChI=1S/C14H14BrN3O/c1-9(10-4-6-11(15)7-5-10)18-14(19)12-3-2-8-17-13(12)16/h2-9H,1H3,(H2,16,17)(H,18,19). The normalized spacial score (nSPS) is 11.9. The fourth-order valence-electron chi connectivity index (χ4n) is 1.72. The minimum atomic E-state index is -0.221. The highest BCUT2D eigenvalue weighted by atomic mass is 79.9. The first-order chi connectivity index (χ1) is 9.08. The number of nitrogens with zero attached hydrogens (tertiary/aromatic N) is 1. The number of carbonyl (C=O) groups excluding carboxylic acids is 1. The Labute approximate surface area is 120 Å². The van der Waals surface area contributed by atoms with E-state index in [4.69, 9.17) is 5.73 Å². The van der Waals surface area contributed by atoms with Crippen LogP contribution >= 0.6 is 15.9 Å². The Morgan fingerprint density at radius 3 is 2.63 bits per heavy atom. The molecule has 0 saturated carbocycles. The van der Waals surface area contributed by atoms with E-state index in [1.807, 2.05) is 31.2 Å². The molecule has 0 radical (unpaired) electrons. The molecule has 98 valence electrons. The monoisotopic (exact) mass is 319 g/mol. The Hall–Kier alpha value is -1.88. The topological polar surface area (TPSA) is 68.0 Å². The average molecular weight is 320 g/mol. The summed E-state index contributed by atoms with van der Waals surface area (Å²) in [6.07, 6.45) is 1.56. The number of rotatable bonds is 3. The number of halogens is 1. The highest BCUT2D eigenvalue weighted by Crippen LogP contribution is 2.17. The number of benzene rings is 1. The Balaban J connectivity index is 2.11. The van der Waals surface area contributed by atoms with Crippen molar-refractivity contribution in [2.24, 2.45) is 0 Å². The van der Waals surface area contributed by atoms with Crippen LogP contribution in [0, 0.1) is 0 Å². The molecule has 0 saturated heterocycles. The van der Waals surface area contributed by atoms with Gasteiger partial charge in [-0.25, -0.2) is 4.98 Å². The number of pyridine rings is 1. The van der Waals surface area contributed by atoms with Crippen LogP contribution in [0.25, 0.3) is 0 Å². The van der Waals surface area contributed by atoms with Crippen LogP contribution in [-0.4, -0.2) is 10.9 Å². The van der Waals surface area contributed by atoms with Crippen LogP contribution in [-0.2, 0) is 0 Å². The second kappa shape index (κ2) is 5.84. The summed E-state index contributed by atoms with van der Waals surface area (Å²) in [5.41, 5.74) is 7.10. The number of nitrogens with one attached hydrogen (secondary N) is 1. The van der Waals surface area contributed by atoms with E-state index < -0.39 is 0 Å². The first kappa shape index (κ1) is 13.5. The van der Waals surface area contributed by atoms with Gasteiger partial charge in [-0.05, 0) is 36.8 Å². The fourth-order valence-corrected chi connectivity index (χ4v) is 1.98. The van der Waals surface area contributed by atoms with Crippen molar-refractivity contribution < 1.29 is 4.79 Å². The lowest BCUT2D eigenvalue weighted by Crippen LogP contribution is -2.27. The smallest absolute Gasteiger partial charge is 0.255 e.